The molecule has 2 aromatic carbocycles. The third-order valence-corrected chi connectivity index (χ3v) is 3.35. The van der Waals surface area contributed by atoms with Gasteiger partial charge >= 0.3 is 63.5 Å². The Kier molecular flexibility index (Phi) is 7.30. The van der Waals surface area contributed by atoms with Crippen molar-refractivity contribution in [3.05, 3.63) is 59.2 Å². The Morgan fingerprint density at radius 1 is 1.12 bits per heavy atom. The van der Waals surface area contributed by atoms with Crippen LogP contribution in [-0.2, 0) is 6.18 Å². The van der Waals surface area contributed by atoms with Crippen molar-refractivity contribution in [2.75, 3.05) is 5.32 Å². The van der Waals surface area contributed by atoms with Crippen molar-refractivity contribution >= 4 is 63.0 Å². The molecule has 0 aliphatic carbocycles. The second kappa shape index (κ2) is 8.35. The number of rotatable bonds is 4. The van der Waals surface area contributed by atoms with E-state index < -0.39 is 17.7 Å². The van der Waals surface area contributed by atoms with Crippen LogP contribution in [0.25, 0.3) is 0 Å². The van der Waals surface area contributed by atoms with Crippen LogP contribution in [0.4, 0.5) is 18.9 Å². The van der Waals surface area contributed by atoms with E-state index in [1.807, 2.05) is 0 Å². The zero-order chi connectivity index (χ0) is 17.2. The molecule has 0 fully saturated rings. The third-order valence-electron chi connectivity index (χ3n) is 3.35. The van der Waals surface area contributed by atoms with Gasteiger partial charge in [0.25, 0.3) is 0 Å². The number of halogens is 3. The second-order valence-corrected chi connectivity index (χ2v) is 5.02. The average molecular weight is 365 g/mol. The predicted octanol–water partition coefficient (Wildman–Crippen LogP) is 3.63. The van der Waals surface area contributed by atoms with Gasteiger partial charge in [0.2, 0.25) is 0 Å². The Labute approximate surface area is 179 Å². The molecular formula is C16H15F3KNO3. The molecule has 0 saturated carbocycles. The number of carboxylic acids is 1. The van der Waals surface area contributed by atoms with Gasteiger partial charge < -0.3 is 15.5 Å². The minimum atomic E-state index is -4.39. The number of anilines is 1. The number of hydrogen-bond donors (Lipinski definition) is 3. The van der Waals surface area contributed by atoms with Crippen LogP contribution in [0.3, 0.4) is 0 Å². The summed E-state index contributed by atoms with van der Waals surface area (Å²) in [5.41, 5.74) is 0.0661. The van der Waals surface area contributed by atoms with Crippen LogP contribution in [0.5, 0.6) is 5.75 Å². The van der Waals surface area contributed by atoms with E-state index in [0.717, 1.165) is 12.1 Å². The predicted molar refractivity (Wildman–Crippen MR) is 85.7 cm³/mol. The van der Waals surface area contributed by atoms with Gasteiger partial charge in [0.05, 0.1) is 5.56 Å². The van der Waals surface area contributed by atoms with Crippen LogP contribution >= 0.6 is 0 Å². The van der Waals surface area contributed by atoms with E-state index in [1.54, 1.807) is 6.92 Å². The van der Waals surface area contributed by atoms with Gasteiger partial charge in [0.15, 0.2) is 0 Å². The summed E-state index contributed by atoms with van der Waals surface area (Å²) in [5.74, 6) is -1.63. The molecule has 24 heavy (non-hydrogen) atoms. The van der Waals surface area contributed by atoms with Gasteiger partial charge in [0, 0.05) is 11.7 Å². The van der Waals surface area contributed by atoms with E-state index >= 15 is 0 Å². The van der Waals surface area contributed by atoms with Gasteiger partial charge in [0.1, 0.15) is 11.3 Å². The normalized spacial score (nSPS) is 12.2. The summed E-state index contributed by atoms with van der Waals surface area (Å²) in [7, 11) is 0. The Morgan fingerprint density at radius 2 is 1.71 bits per heavy atom. The molecule has 0 spiro atoms. The van der Waals surface area contributed by atoms with Crippen LogP contribution in [0, 0.1) is 0 Å². The second-order valence-electron chi connectivity index (χ2n) is 5.02. The third kappa shape index (κ3) is 5.22. The van der Waals surface area contributed by atoms with Gasteiger partial charge in [-0.15, -0.1) is 0 Å². The quantitative estimate of drug-likeness (QED) is 0.572. The summed E-state index contributed by atoms with van der Waals surface area (Å²) in [5, 5.41) is 21.4. The summed E-state index contributed by atoms with van der Waals surface area (Å²) < 4.78 is 37.6. The fourth-order valence-electron chi connectivity index (χ4n) is 2.09. The fourth-order valence-corrected chi connectivity index (χ4v) is 2.09. The van der Waals surface area contributed by atoms with Crippen molar-refractivity contribution in [3.8, 4) is 5.75 Å². The molecule has 2 aromatic rings. The molecule has 1 atom stereocenters. The number of phenols is 1. The molecule has 0 aromatic heterocycles. The molecule has 124 valence electrons. The number of carbonyl (C=O) groups is 1. The zero-order valence-electron chi connectivity index (χ0n) is 12.1. The van der Waals surface area contributed by atoms with Crippen molar-refractivity contribution in [1.29, 1.82) is 0 Å². The number of nitrogens with one attached hydrogen (secondary N) is 1. The zero-order valence-corrected chi connectivity index (χ0v) is 12.1. The summed E-state index contributed by atoms with van der Waals surface area (Å²) in [6.45, 7) is 1.73. The van der Waals surface area contributed by atoms with Gasteiger partial charge in [-0.1, -0.05) is 12.1 Å². The van der Waals surface area contributed by atoms with Gasteiger partial charge in [-0.2, -0.15) is 13.2 Å². The molecule has 0 heterocycles. The first-order chi connectivity index (χ1) is 10.7. The number of hydrogen-bond acceptors (Lipinski definition) is 3. The summed E-state index contributed by atoms with van der Waals surface area (Å²) in [6.07, 6.45) is -4.39. The van der Waals surface area contributed by atoms with Crippen LogP contribution in [0.15, 0.2) is 42.5 Å². The number of benzene rings is 2. The monoisotopic (exact) mass is 365 g/mol. The topological polar surface area (TPSA) is 69.6 Å². The molecule has 2 rings (SSSR count). The molecule has 0 saturated heterocycles. The molecule has 0 aliphatic rings. The molecule has 8 heteroatoms. The van der Waals surface area contributed by atoms with E-state index in [-0.39, 0.29) is 68.7 Å². The summed E-state index contributed by atoms with van der Waals surface area (Å²) >= 11 is 0. The number of aromatic carboxylic acids is 1. The Hall–Kier alpha value is -1.06. The molecule has 4 nitrogen and oxygen atoms in total. The van der Waals surface area contributed by atoms with Crippen LogP contribution < -0.4 is 5.32 Å². The van der Waals surface area contributed by atoms with E-state index in [4.69, 9.17) is 5.11 Å². The van der Waals surface area contributed by atoms with Crippen LogP contribution in [0.1, 0.15) is 34.5 Å². The first-order valence-corrected chi connectivity index (χ1v) is 6.68. The molecule has 1 unspecified atom stereocenters. The number of aromatic hydroxyl groups is 1. The maximum absolute atomic E-state index is 12.5. The number of alkyl halides is 3. The van der Waals surface area contributed by atoms with E-state index in [9.17, 15) is 23.1 Å². The Bertz CT molecular complexity index is 717. The molecule has 3 N–H and O–H groups in total. The van der Waals surface area contributed by atoms with Crippen LogP contribution in [0.2, 0.25) is 0 Å². The van der Waals surface area contributed by atoms with E-state index in [0.29, 0.717) is 11.3 Å². The SMILES string of the molecule is CC(Nc1ccc(O)c(C(=O)O)c1)c1ccc(C(F)(F)F)cc1.[KH]. The minimum absolute atomic E-state index is 0. The van der Waals surface area contributed by atoms with E-state index in [2.05, 4.69) is 5.32 Å². The summed E-state index contributed by atoms with van der Waals surface area (Å²) in [4.78, 5) is 11.0. The Balaban J connectivity index is 0.00000288. The van der Waals surface area contributed by atoms with Crippen LogP contribution in [-0.4, -0.2) is 67.6 Å². The number of carboxylic acid groups (broad SMARTS) is 1. The average Bonchev–Trinajstić information content (AvgIpc) is 2.48. The Morgan fingerprint density at radius 3 is 2.21 bits per heavy atom. The van der Waals surface area contributed by atoms with Gasteiger partial charge in [-0.3, -0.25) is 0 Å². The molecular weight excluding hydrogens is 350 g/mol. The maximum atomic E-state index is 12.5. The standard InChI is InChI=1S/C16H14F3NO3.K.H/c1-9(10-2-4-11(5-3-10)16(17,18)19)20-12-6-7-14(21)13(8-12)15(22)23;;/h2-9,20-21H,1H3,(H,22,23);;. The van der Waals surface area contributed by atoms with Crippen molar-refractivity contribution < 1.29 is 28.2 Å². The molecule has 0 bridgehead atoms. The summed E-state index contributed by atoms with van der Waals surface area (Å²) in [6, 6.07) is 8.35. The first kappa shape index (κ1) is 21.0. The van der Waals surface area contributed by atoms with Crippen molar-refractivity contribution in [1.82, 2.24) is 0 Å². The van der Waals surface area contributed by atoms with Crippen molar-refractivity contribution in [2.24, 2.45) is 0 Å². The van der Waals surface area contributed by atoms with Gasteiger partial charge in [-0.05, 0) is 42.8 Å². The fraction of sp³-hybridized carbons (Fsp3) is 0.188. The molecule has 0 amide bonds. The molecule has 0 radical (unpaired) electrons. The van der Waals surface area contributed by atoms with Crippen molar-refractivity contribution in [3.63, 3.8) is 0 Å². The first-order valence-electron chi connectivity index (χ1n) is 6.68. The van der Waals surface area contributed by atoms with Gasteiger partial charge in [-0.25, -0.2) is 4.79 Å². The molecule has 0 aliphatic heterocycles. The van der Waals surface area contributed by atoms with E-state index in [1.165, 1.54) is 30.3 Å². The van der Waals surface area contributed by atoms with Crippen molar-refractivity contribution in [2.45, 2.75) is 19.1 Å².